The molecule has 0 spiro atoms. The smallest absolute Gasteiger partial charge is 0.191 e. The molecule has 1 rings (SSSR count). The monoisotopic (exact) mass is 187 g/mol. The fourth-order valence-corrected chi connectivity index (χ4v) is 1.39. The van der Waals surface area contributed by atoms with Gasteiger partial charge in [-0.15, -0.1) is 11.3 Å². The fraction of sp³-hybridized carbons (Fsp3) is 0.333. The van der Waals surface area contributed by atoms with Crippen molar-refractivity contribution in [3.05, 3.63) is 11.6 Å². The van der Waals surface area contributed by atoms with E-state index in [4.69, 9.17) is 12.2 Å². The average molecular weight is 187 g/mol. The third-order valence-electron chi connectivity index (χ3n) is 1.22. The van der Waals surface area contributed by atoms with Gasteiger partial charge < -0.3 is 5.32 Å². The van der Waals surface area contributed by atoms with Crippen LogP contribution in [-0.2, 0) is 0 Å². The molecule has 0 unspecified atom stereocenters. The van der Waals surface area contributed by atoms with Gasteiger partial charge in [-0.05, 0) is 12.2 Å². The SMILES string of the molecule is CNC(=S)N(C)c1nccs1. The molecule has 0 radical (unpaired) electrons. The zero-order chi connectivity index (χ0) is 8.27. The second-order valence-electron chi connectivity index (χ2n) is 1.93. The normalized spacial score (nSPS) is 9.27. The van der Waals surface area contributed by atoms with Crippen molar-refractivity contribution in [2.75, 3.05) is 19.0 Å². The molecular formula is C6H9N3S2. The molecule has 0 bridgehead atoms. The highest BCUT2D eigenvalue weighted by molar-refractivity contribution is 7.80. The van der Waals surface area contributed by atoms with Gasteiger partial charge in [-0.25, -0.2) is 4.98 Å². The molecule has 1 heterocycles. The molecule has 0 fully saturated rings. The first-order valence-electron chi connectivity index (χ1n) is 3.10. The van der Waals surface area contributed by atoms with Gasteiger partial charge in [0.05, 0.1) is 0 Å². The molecule has 1 aromatic rings. The van der Waals surface area contributed by atoms with Crippen molar-refractivity contribution in [2.45, 2.75) is 0 Å². The topological polar surface area (TPSA) is 28.2 Å². The van der Waals surface area contributed by atoms with Gasteiger partial charge in [0.1, 0.15) is 0 Å². The molecule has 0 saturated carbocycles. The lowest BCUT2D eigenvalue weighted by atomic mass is 10.8. The number of nitrogens with one attached hydrogen (secondary N) is 1. The highest BCUT2D eigenvalue weighted by Crippen LogP contribution is 2.14. The summed E-state index contributed by atoms with van der Waals surface area (Å²) in [4.78, 5) is 5.94. The number of aromatic nitrogens is 1. The standard InChI is InChI=1S/C6H9N3S2/c1-7-5(10)9(2)6-8-3-4-11-6/h3-4H,1-2H3,(H,7,10). The minimum atomic E-state index is 0.681. The van der Waals surface area contributed by atoms with Crippen LogP contribution < -0.4 is 10.2 Å². The van der Waals surface area contributed by atoms with Crippen LogP contribution >= 0.6 is 23.6 Å². The Morgan fingerprint density at radius 1 is 1.82 bits per heavy atom. The lowest BCUT2D eigenvalue weighted by Gasteiger charge is -2.15. The summed E-state index contributed by atoms with van der Waals surface area (Å²) in [5, 5.41) is 6.39. The van der Waals surface area contributed by atoms with Crippen LogP contribution in [0.5, 0.6) is 0 Å². The second-order valence-corrected chi connectivity index (χ2v) is 3.19. The van der Waals surface area contributed by atoms with Crippen LogP contribution in [0, 0.1) is 0 Å². The van der Waals surface area contributed by atoms with E-state index in [2.05, 4.69) is 10.3 Å². The molecule has 0 aliphatic heterocycles. The van der Waals surface area contributed by atoms with Crippen molar-refractivity contribution in [3.63, 3.8) is 0 Å². The van der Waals surface area contributed by atoms with Gasteiger partial charge in [0.2, 0.25) is 0 Å². The number of hydrogen-bond donors (Lipinski definition) is 1. The van der Waals surface area contributed by atoms with Gasteiger partial charge in [0, 0.05) is 25.7 Å². The third-order valence-corrected chi connectivity index (χ3v) is 2.55. The molecule has 0 aliphatic rings. The van der Waals surface area contributed by atoms with Gasteiger partial charge in [-0.2, -0.15) is 0 Å². The zero-order valence-electron chi connectivity index (χ0n) is 6.37. The number of rotatable bonds is 1. The highest BCUT2D eigenvalue weighted by atomic mass is 32.1. The maximum absolute atomic E-state index is 5.01. The predicted molar refractivity (Wildman–Crippen MR) is 52.2 cm³/mol. The second kappa shape index (κ2) is 3.64. The van der Waals surface area contributed by atoms with Crippen LogP contribution in [0.25, 0.3) is 0 Å². The number of nitrogens with zero attached hydrogens (tertiary/aromatic N) is 2. The molecule has 1 N–H and O–H groups in total. The maximum atomic E-state index is 5.01. The van der Waals surface area contributed by atoms with Gasteiger partial charge in [-0.3, -0.25) is 4.90 Å². The van der Waals surface area contributed by atoms with Gasteiger partial charge in [0.25, 0.3) is 0 Å². The molecule has 60 valence electrons. The Morgan fingerprint density at radius 2 is 2.55 bits per heavy atom. The highest BCUT2D eigenvalue weighted by Gasteiger charge is 2.05. The number of anilines is 1. The van der Waals surface area contributed by atoms with Gasteiger partial charge in [0.15, 0.2) is 10.2 Å². The Balaban J connectivity index is 2.70. The van der Waals surface area contributed by atoms with Gasteiger partial charge in [-0.1, -0.05) is 0 Å². The summed E-state index contributed by atoms with van der Waals surface area (Å²) >= 11 is 6.57. The molecule has 5 heteroatoms. The van der Waals surface area contributed by atoms with E-state index in [-0.39, 0.29) is 0 Å². The molecule has 0 aromatic carbocycles. The van der Waals surface area contributed by atoms with E-state index in [9.17, 15) is 0 Å². The van der Waals surface area contributed by atoms with Crippen LogP contribution in [0.3, 0.4) is 0 Å². The first-order chi connectivity index (χ1) is 5.25. The van der Waals surface area contributed by atoms with E-state index in [0.717, 1.165) is 5.13 Å². The van der Waals surface area contributed by atoms with Crippen LogP contribution in [0.2, 0.25) is 0 Å². The van der Waals surface area contributed by atoms with E-state index < -0.39 is 0 Å². The summed E-state index contributed by atoms with van der Waals surface area (Å²) in [5.74, 6) is 0. The van der Waals surface area contributed by atoms with E-state index in [1.165, 1.54) is 0 Å². The Hall–Kier alpha value is -0.680. The average Bonchev–Trinajstić information content (AvgIpc) is 2.53. The number of hydrogen-bond acceptors (Lipinski definition) is 3. The molecule has 11 heavy (non-hydrogen) atoms. The summed E-state index contributed by atoms with van der Waals surface area (Å²) in [6, 6.07) is 0. The van der Waals surface area contributed by atoms with Crippen molar-refractivity contribution in [1.29, 1.82) is 0 Å². The number of thiocarbonyl (C=S) groups is 1. The lowest BCUT2D eigenvalue weighted by Crippen LogP contribution is -2.34. The van der Waals surface area contributed by atoms with Crippen LogP contribution in [0.4, 0.5) is 5.13 Å². The third kappa shape index (κ3) is 1.87. The van der Waals surface area contributed by atoms with Crippen molar-refractivity contribution in [1.82, 2.24) is 10.3 Å². The van der Waals surface area contributed by atoms with E-state index >= 15 is 0 Å². The van der Waals surface area contributed by atoms with Crippen molar-refractivity contribution in [3.8, 4) is 0 Å². The molecule has 0 saturated heterocycles. The van der Waals surface area contributed by atoms with E-state index in [1.54, 1.807) is 24.6 Å². The molecule has 0 atom stereocenters. The lowest BCUT2D eigenvalue weighted by molar-refractivity contribution is 1.11. The molecular weight excluding hydrogens is 178 g/mol. The van der Waals surface area contributed by atoms with E-state index in [1.807, 2.05) is 17.3 Å². The van der Waals surface area contributed by atoms with Crippen LogP contribution in [0.15, 0.2) is 11.6 Å². The molecule has 0 aliphatic carbocycles. The summed E-state index contributed by atoms with van der Waals surface area (Å²) in [6.07, 6.45) is 1.76. The first kappa shape index (κ1) is 8.42. The quantitative estimate of drug-likeness (QED) is 0.666. The summed E-state index contributed by atoms with van der Waals surface area (Å²) < 4.78 is 0. The minimum absolute atomic E-state index is 0.681. The molecule has 1 aromatic heterocycles. The predicted octanol–water partition coefficient (Wildman–Crippen LogP) is 1.08. The van der Waals surface area contributed by atoms with Crippen LogP contribution in [0.1, 0.15) is 0 Å². The Labute approximate surface area is 75.1 Å². The molecule has 3 nitrogen and oxygen atoms in total. The summed E-state index contributed by atoms with van der Waals surface area (Å²) in [5.41, 5.74) is 0. The van der Waals surface area contributed by atoms with Crippen molar-refractivity contribution in [2.24, 2.45) is 0 Å². The first-order valence-corrected chi connectivity index (χ1v) is 4.39. The van der Waals surface area contributed by atoms with Crippen LogP contribution in [-0.4, -0.2) is 24.2 Å². The van der Waals surface area contributed by atoms with Crippen molar-refractivity contribution < 1.29 is 0 Å². The van der Waals surface area contributed by atoms with Crippen molar-refractivity contribution >= 4 is 33.8 Å². The maximum Gasteiger partial charge on any atom is 0.191 e. The Kier molecular flexibility index (Phi) is 2.78. The minimum Gasteiger partial charge on any atom is -0.365 e. The number of thiazole rings is 1. The largest absolute Gasteiger partial charge is 0.365 e. The Bertz CT molecular complexity index is 232. The fourth-order valence-electron chi connectivity index (χ4n) is 0.636. The molecule has 0 amide bonds. The van der Waals surface area contributed by atoms with Gasteiger partial charge >= 0.3 is 0 Å². The zero-order valence-corrected chi connectivity index (χ0v) is 8.00. The Morgan fingerprint density at radius 3 is 3.00 bits per heavy atom. The van der Waals surface area contributed by atoms with E-state index in [0.29, 0.717) is 5.11 Å². The summed E-state index contributed by atoms with van der Waals surface area (Å²) in [7, 11) is 3.68. The summed E-state index contributed by atoms with van der Waals surface area (Å²) in [6.45, 7) is 0.